The van der Waals surface area contributed by atoms with Gasteiger partial charge in [-0.15, -0.1) is 0 Å². The van der Waals surface area contributed by atoms with Crippen LogP contribution in [0, 0.1) is 0 Å². The molecule has 0 amide bonds. The van der Waals surface area contributed by atoms with Crippen molar-refractivity contribution in [3.63, 3.8) is 0 Å². The first-order valence-corrected chi connectivity index (χ1v) is 7.03. The third-order valence-corrected chi connectivity index (χ3v) is 3.86. The fraction of sp³-hybridized carbons (Fsp3) is 0.333. The van der Waals surface area contributed by atoms with Crippen molar-refractivity contribution in [2.75, 3.05) is 32.0 Å². The van der Waals surface area contributed by atoms with Gasteiger partial charge in [0.25, 0.3) is 0 Å². The van der Waals surface area contributed by atoms with Crippen LogP contribution in [0.15, 0.2) is 30.5 Å². The van der Waals surface area contributed by atoms with Gasteiger partial charge in [0.2, 0.25) is 5.95 Å². The molecule has 4 rings (SSSR count). The molecule has 0 bridgehead atoms. The van der Waals surface area contributed by atoms with Crippen molar-refractivity contribution in [1.82, 2.24) is 14.9 Å². The molecule has 0 aliphatic carbocycles. The first kappa shape index (κ1) is 12.6. The van der Waals surface area contributed by atoms with Gasteiger partial charge >= 0.3 is 0 Å². The van der Waals surface area contributed by atoms with E-state index in [1.165, 1.54) is 0 Å². The van der Waals surface area contributed by atoms with E-state index in [2.05, 4.69) is 14.9 Å². The Kier molecular flexibility index (Phi) is 2.98. The molecule has 1 atom stereocenters. The quantitative estimate of drug-likeness (QED) is 0.854. The Labute approximate surface area is 122 Å². The Bertz CT molecular complexity index is 670. The van der Waals surface area contributed by atoms with Gasteiger partial charge in [0.1, 0.15) is 5.75 Å². The van der Waals surface area contributed by atoms with E-state index in [0.29, 0.717) is 13.2 Å². The normalized spacial score (nSPS) is 21.2. The molecule has 1 aromatic heterocycles. The molecule has 6 heteroatoms. The van der Waals surface area contributed by atoms with Gasteiger partial charge in [-0.2, -0.15) is 0 Å². The average Bonchev–Trinajstić information content (AvgIpc) is 2.55. The van der Waals surface area contributed by atoms with Crippen LogP contribution in [-0.4, -0.2) is 41.2 Å². The second-order valence-electron chi connectivity index (χ2n) is 5.15. The number of rotatable bonds is 1. The molecule has 1 saturated heterocycles. The lowest BCUT2D eigenvalue weighted by atomic mass is 10.0. The number of nitrogens with two attached hydrogens (primary N) is 1. The maximum Gasteiger partial charge on any atom is 0.220 e. The highest BCUT2D eigenvalue weighted by Crippen LogP contribution is 2.42. The van der Waals surface area contributed by atoms with Crippen molar-refractivity contribution in [2.24, 2.45) is 0 Å². The number of benzene rings is 1. The van der Waals surface area contributed by atoms with Crippen molar-refractivity contribution in [2.45, 2.75) is 6.23 Å². The summed E-state index contributed by atoms with van der Waals surface area (Å²) in [6, 6.07) is 7.89. The van der Waals surface area contributed by atoms with Crippen molar-refractivity contribution in [3.8, 4) is 17.0 Å². The predicted molar refractivity (Wildman–Crippen MR) is 77.6 cm³/mol. The molecule has 0 spiro atoms. The number of fused-ring (bicyclic) bond motifs is 3. The highest BCUT2D eigenvalue weighted by molar-refractivity contribution is 5.72. The number of aromatic nitrogens is 2. The number of para-hydroxylation sites is 1. The van der Waals surface area contributed by atoms with Gasteiger partial charge < -0.3 is 15.2 Å². The highest BCUT2D eigenvalue weighted by atomic mass is 16.5. The molecule has 21 heavy (non-hydrogen) atoms. The van der Waals surface area contributed by atoms with Crippen LogP contribution in [0.2, 0.25) is 0 Å². The molecular formula is C15H16N4O2. The number of ether oxygens (including phenoxy) is 2. The lowest BCUT2D eigenvalue weighted by molar-refractivity contribution is -0.0487. The average molecular weight is 284 g/mol. The molecule has 2 aliphatic rings. The lowest BCUT2D eigenvalue weighted by Gasteiger charge is -2.37. The Morgan fingerprint density at radius 1 is 1.19 bits per heavy atom. The fourth-order valence-corrected chi connectivity index (χ4v) is 2.83. The van der Waals surface area contributed by atoms with Gasteiger partial charge in [-0.1, -0.05) is 12.1 Å². The summed E-state index contributed by atoms with van der Waals surface area (Å²) >= 11 is 0. The number of anilines is 1. The van der Waals surface area contributed by atoms with Gasteiger partial charge in [-0.25, -0.2) is 9.97 Å². The molecule has 1 unspecified atom stereocenters. The van der Waals surface area contributed by atoms with E-state index in [-0.39, 0.29) is 12.2 Å². The van der Waals surface area contributed by atoms with E-state index in [0.717, 1.165) is 35.7 Å². The van der Waals surface area contributed by atoms with Crippen LogP contribution in [0.1, 0.15) is 11.8 Å². The molecule has 0 radical (unpaired) electrons. The number of morpholine rings is 1. The van der Waals surface area contributed by atoms with Crippen LogP contribution in [-0.2, 0) is 4.74 Å². The van der Waals surface area contributed by atoms with Crippen LogP contribution in [0.25, 0.3) is 11.3 Å². The Balaban J connectivity index is 1.82. The predicted octanol–water partition coefficient (Wildman–Crippen LogP) is 1.45. The first-order valence-electron chi connectivity index (χ1n) is 7.03. The van der Waals surface area contributed by atoms with E-state index in [1.807, 2.05) is 24.3 Å². The third-order valence-electron chi connectivity index (χ3n) is 3.86. The summed E-state index contributed by atoms with van der Waals surface area (Å²) in [5.74, 6) is 1.12. The molecule has 2 aliphatic heterocycles. The maximum absolute atomic E-state index is 6.19. The largest absolute Gasteiger partial charge is 0.470 e. The van der Waals surface area contributed by atoms with Crippen LogP contribution in [0.3, 0.4) is 0 Å². The number of hydrogen-bond acceptors (Lipinski definition) is 6. The summed E-state index contributed by atoms with van der Waals surface area (Å²) in [5, 5.41) is 0. The second-order valence-corrected chi connectivity index (χ2v) is 5.15. The minimum absolute atomic E-state index is 0.181. The molecule has 2 N–H and O–H groups in total. The maximum atomic E-state index is 6.19. The highest BCUT2D eigenvalue weighted by Gasteiger charge is 2.32. The van der Waals surface area contributed by atoms with Crippen LogP contribution in [0.5, 0.6) is 5.75 Å². The Hall–Kier alpha value is -2.18. The third kappa shape index (κ3) is 2.12. The van der Waals surface area contributed by atoms with Crippen molar-refractivity contribution in [3.05, 3.63) is 36.0 Å². The van der Waals surface area contributed by atoms with E-state index in [1.54, 1.807) is 6.20 Å². The van der Waals surface area contributed by atoms with Gasteiger partial charge in [0, 0.05) is 24.8 Å². The molecule has 108 valence electrons. The minimum atomic E-state index is -0.181. The molecule has 1 aromatic carbocycles. The monoisotopic (exact) mass is 284 g/mol. The fourth-order valence-electron chi connectivity index (χ4n) is 2.83. The number of hydrogen-bond donors (Lipinski definition) is 1. The smallest absolute Gasteiger partial charge is 0.220 e. The minimum Gasteiger partial charge on any atom is -0.470 e. The van der Waals surface area contributed by atoms with E-state index in [4.69, 9.17) is 15.2 Å². The van der Waals surface area contributed by atoms with Crippen LogP contribution in [0.4, 0.5) is 5.95 Å². The van der Waals surface area contributed by atoms with Crippen LogP contribution < -0.4 is 10.5 Å². The Morgan fingerprint density at radius 3 is 2.86 bits per heavy atom. The number of nitrogen functional groups attached to an aromatic ring is 1. The van der Waals surface area contributed by atoms with E-state index in [9.17, 15) is 0 Å². The summed E-state index contributed by atoms with van der Waals surface area (Å²) in [6.07, 6.45) is 1.59. The van der Waals surface area contributed by atoms with Gasteiger partial charge in [0.15, 0.2) is 6.23 Å². The summed E-state index contributed by atoms with van der Waals surface area (Å²) < 4.78 is 11.6. The van der Waals surface area contributed by atoms with Gasteiger partial charge in [0.05, 0.1) is 24.5 Å². The van der Waals surface area contributed by atoms with Crippen molar-refractivity contribution in [1.29, 1.82) is 0 Å². The SMILES string of the molecule is Nc1ncc2c(n1)-c1ccccc1OC2N1CCOCC1. The summed E-state index contributed by atoms with van der Waals surface area (Å²) in [7, 11) is 0. The van der Waals surface area contributed by atoms with Crippen molar-refractivity contribution >= 4 is 5.95 Å². The summed E-state index contributed by atoms with van der Waals surface area (Å²) in [6.45, 7) is 3.09. The lowest BCUT2D eigenvalue weighted by Crippen LogP contribution is -2.42. The molecular weight excluding hydrogens is 268 g/mol. The van der Waals surface area contributed by atoms with E-state index < -0.39 is 0 Å². The molecule has 2 aromatic rings. The Morgan fingerprint density at radius 2 is 2.00 bits per heavy atom. The molecule has 6 nitrogen and oxygen atoms in total. The van der Waals surface area contributed by atoms with Gasteiger partial charge in [-0.3, -0.25) is 4.90 Å². The zero-order valence-electron chi connectivity index (χ0n) is 11.5. The van der Waals surface area contributed by atoms with Crippen LogP contribution >= 0.6 is 0 Å². The molecule has 0 saturated carbocycles. The first-order chi connectivity index (χ1) is 10.3. The topological polar surface area (TPSA) is 73.5 Å². The second kappa shape index (κ2) is 4.98. The standard InChI is InChI=1S/C15H16N4O2/c16-15-17-9-11-13(18-15)10-3-1-2-4-12(10)21-14(11)19-5-7-20-8-6-19/h1-4,9,14H,5-8H2,(H2,16,17,18). The molecule has 3 heterocycles. The molecule has 1 fully saturated rings. The zero-order valence-corrected chi connectivity index (χ0v) is 11.5. The zero-order chi connectivity index (χ0) is 14.2. The summed E-state index contributed by atoms with van der Waals surface area (Å²) in [5.41, 5.74) is 8.55. The van der Waals surface area contributed by atoms with Gasteiger partial charge in [-0.05, 0) is 12.1 Å². The summed E-state index contributed by atoms with van der Waals surface area (Å²) in [4.78, 5) is 10.8. The number of nitrogens with zero attached hydrogens (tertiary/aromatic N) is 3. The van der Waals surface area contributed by atoms with Crippen molar-refractivity contribution < 1.29 is 9.47 Å². The van der Waals surface area contributed by atoms with E-state index >= 15 is 0 Å².